The molecule has 2 bridgehead atoms. The van der Waals surface area contributed by atoms with Crippen LogP contribution in [-0.2, 0) is 0 Å². The van der Waals surface area contributed by atoms with Crippen LogP contribution >= 0.6 is 24.0 Å². The van der Waals surface area contributed by atoms with E-state index in [-0.39, 0.29) is 24.0 Å². The molecule has 0 spiro atoms. The molecule has 0 aromatic heterocycles. The average Bonchev–Trinajstić information content (AvgIpc) is 2.25. The van der Waals surface area contributed by atoms with E-state index in [1.54, 1.807) is 0 Å². The molecule has 0 amide bonds. The SMILES string of the molecule is CC12C=CC(C)(C)C(CC1)C2.I. The Kier molecular flexibility index (Phi) is 2.64. The van der Waals surface area contributed by atoms with Crippen LogP contribution < -0.4 is 0 Å². The highest BCUT2D eigenvalue weighted by molar-refractivity contribution is 14.0. The smallest absolute Gasteiger partial charge is 0.0143 e. The van der Waals surface area contributed by atoms with Gasteiger partial charge in [-0.1, -0.05) is 32.9 Å². The topological polar surface area (TPSA) is 0 Å². The molecule has 0 heterocycles. The Labute approximate surface area is 92.8 Å². The lowest BCUT2D eigenvalue weighted by atomic mass is 9.70. The third-order valence-corrected chi connectivity index (χ3v) is 3.74. The highest BCUT2D eigenvalue weighted by Gasteiger charge is 2.43. The molecule has 0 aromatic carbocycles. The molecule has 2 unspecified atom stereocenters. The number of fused-ring (bicyclic) bond motifs is 2. The van der Waals surface area contributed by atoms with E-state index in [1.807, 2.05) is 0 Å². The Morgan fingerprint density at radius 3 is 2.42 bits per heavy atom. The van der Waals surface area contributed by atoms with Gasteiger partial charge in [0.2, 0.25) is 0 Å². The zero-order valence-corrected chi connectivity index (χ0v) is 10.6. The van der Waals surface area contributed by atoms with Crippen molar-refractivity contribution >= 4 is 24.0 Å². The molecule has 2 atom stereocenters. The first-order chi connectivity index (χ1) is 5.02. The molecular weight excluding hydrogens is 259 g/mol. The molecule has 0 aliphatic heterocycles. The predicted octanol–water partition coefficient (Wildman–Crippen LogP) is 4.01. The molecule has 2 aliphatic rings. The van der Waals surface area contributed by atoms with Crippen molar-refractivity contribution in [3.8, 4) is 0 Å². The second-order valence-corrected chi connectivity index (χ2v) is 5.25. The number of allylic oxidation sites excluding steroid dienone is 2. The van der Waals surface area contributed by atoms with Gasteiger partial charge in [0, 0.05) is 0 Å². The molecule has 0 saturated heterocycles. The fourth-order valence-electron chi connectivity index (χ4n) is 2.61. The minimum absolute atomic E-state index is 0. The van der Waals surface area contributed by atoms with Crippen LogP contribution in [0.5, 0.6) is 0 Å². The van der Waals surface area contributed by atoms with Gasteiger partial charge in [0.25, 0.3) is 0 Å². The van der Waals surface area contributed by atoms with E-state index in [4.69, 9.17) is 0 Å². The first kappa shape index (κ1) is 10.6. The lowest BCUT2D eigenvalue weighted by Gasteiger charge is -2.34. The molecule has 0 radical (unpaired) electrons. The first-order valence-electron chi connectivity index (χ1n) is 4.72. The minimum Gasteiger partial charge on any atom is -0.107 e. The summed E-state index contributed by atoms with van der Waals surface area (Å²) in [6, 6.07) is 0. The highest BCUT2D eigenvalue weighted by Crippen LogP contribution is 2.54. The molecule has 70 valence electrons. The number of halogens is 1. The van der Waals surface area contributed by atoms with Gasteiger partial charge in [0.15, 0.2) is 0 Å². The summed E-state index contributed by atoms with van der Waals surface area (Å²) in [6.45, 7) is 7.15. The third-order valence-electron chi connectivity index (χ3n) is 3.74. The van der Waals surface area contributed by atoms with Crippen LogP contribution in [0.3, 0.4) is 0 Å². The molecule has 0 N–H and O–H groups in total. The Morgan fingerprint density at radius 1 is 1.17 bits per heavy atom. The summed E-state index contributed by atoms with van der Waals surface area (Å²) in [4.78, 5) is 0. The van der Waals surface area contributed by atoms with Crippen molar-refractivity contribution in [2.45, 2.75) is 40.0 Å². The molecule has 1 heteroatoms. The number of rotatable bonds is 0. The summed E-state index contributed by atoms with van der Waals surface area (Å²) in [5, 5.41) is 0. The Bertz CT molecular complexity index is 205. The van der Waals surface area contributed by atoms with Crippen molar-refractivity contribution in [3.05, 3.63) is 12.2 Å². The standard InChI is InChI=1S/C11H18.HI/c1-10(2)6-7-11(3)5-4-9(10)8-11;/h6-7,9H,4-5,8H2,1-3H3;1H. The van der Waals surface area contributed by atoms with Crippen LogP contribution in [0.2, 0.25) is 0 Å². The summed E-state index contributed by atoms with van der Waals surface area (Å²) < 4.78 is 0. The molecule has 0 aromatic rings. The maximum atomic E-state index is 2.45. The molecular formula is C11H19I. The summed E-state index contributed by atoms with van der Waals surface area (Å²) in [7, 11) is 0. The largest absolute Gasteiger partial charge is 0.107 e. The lowest BCUT2D eigenvalue weighted by molar-refractivity contribution is 0.247. The monoisotopic (exact) mass is 278 g/mol. The van der Waals surface area contributed by atoms with Gasteiger partial charge < -0.3 is 0 Å². The fourth-order valence-corrected chi connectivity index (χ4v) is 2.61. The van der Waals surface area contributed by atoms with E-state index in [1.165, 1.54) is 19.3 Å². The Hall–Kier alpha value is 0.470. The molecule has 12 heavy (non-hydrogen) atoms. The van der Waals surface area contributed by atoms with Gasteiger partial charge >= 0.3 is 0 Å². The van der Waals surface area contributed by atoms with Crippen LogP contribution in [0.4, 0.5) is 0 Å². The molecule has 2 rings (SSSR count). The molecule has 1 fully saturated rings. The van der Waals surface area contributed by atoms with Gasteiger partial charge in [0.05, 0.1) is 0 Å². The van der Waals surface area contributed by atoms with Gasteiger partial charge in [-0.05, 0) is 36.0 Å². The van der Waals surface area contributed by atoms with Gasteiger partial charge in [-0.3, -0.25) is 0 Å². The van der Waals surface area contributed by atoms with Gasteiger partial charge in [0.1, 0.15) is 0 Å². The highest BCUT2D eigenvalue weighted by atomic mass is 127. The van der Waals surface area contributed by atoms with Crippen molar-refractivity contribution in [1.82, 2.24) is 0 Å². The van der Waals surface area contributed by atoms with Crippen molar-refractivity contribution in [3.63, 3.8) is 0 Å². The average molecular weight is 278 g/mol. The van der Waals surface area contributed by atoms with E-state index in [0.717, 1.165) is 5.92 Å². The van der Waals surface area contributed by atoms with Gasteiger partial charge in [-0.2, -0.15) is 0 Å². The van der Waals surface area contributed by atoms with Crippen LogP contribution in [-0.4, -0.2) is 0 Å². The first-order valence-corrected chi connectivity index (χ1v) is 4.72. The summed E-state index contributed by atoms with van der Waals surface area (Å²) >= 11 is 0. The molecule has 0 nitrogen and oxygen atoms in total. The van der Waals surface area contributed by atoms with E-state index >= 15 is 0 Å². The van der Waals surface area contributed by atoms with E-state index in [2.05, 4.69) is 32.9 Å². The van der Waals surface area contributed by atoms with Crippen LogP contribution in [0, 0.1) is 16.7 Å². The number of hydrogen-bond acceptors (Lipinski definition) is 0. The molecule has 1 saturated carbocycles. The normalized spacial score (nSPS) is 42.4. The second-order valence-electron chi connectivity index (χ2n) is 5.25. The maximum absolute atomic E-state index is 2.45. The summed E-state index contributed by atoms with van der Waals surface area (Å²) in [6.07, 6.45) is 9.18. The van der Waals surface area contributed by atoms with E-state index < -0.39 is 0 Å². The summed E-state index contributed by atoms with van der Waals surface area (Å²) in [5.41, 5.74) is 1.05. The van der Waals surface area contributed by atoms with Crippen molar-refractivity contribution in [2.75, 3.05) is 0 Å². The van der Waals surface area contributed by atoms with Crippen LogP contribution in [0.1, 0.15) is 40.0 Å². The van der Waals surface area contributed by atoms with Crippen molar-refractivity contribution in [1.29, 1.82) is 0 Å². The quantitative estimate of drug-likeness (QED) is 0.464. The van der Waals surface area contributed by atoms with Crippen LogP contribution in [0.25, 0.3) is 0 Å². The number of hydrogen-bond donors (Lipinski definition) is 0. The second kappa shape index (κ2) is 3.00. The third kappa shape index (κ3) is 1.57. The zero-order valence-electron chi connectivity index (χ0n) is 8.26. The Morgan fingerprint density at radius 2 is 1.83 bits per heavy atom. The molecule has 2 aliphatic carbocycles. The van der Waals surface area contributed by atoms with E-state index in [9.17, 15) is 0 Å². The van der Waals surface area contributed by atoms with E-state index in [0.29, 0.717) is 10.8 Å². The summed E-state index contributed by atoms with van der Waals surface area (Å²) in [5.74, 6) is 0.956. The minimum atomic E-state index is 0. The maximum Gasteiger partial charge on any atom is -0.0143 e. The van der Waals surface area contributed by atoms with Crippen LogP contribution in [0.15, 0.2) is 12.2 Å². The predicted molar refractivity (Wildman–Crippen MR) is 63.8 cm³/mol. The lowest BCUT2D eigenvalue weighted by Crippen LogP contribution is -2.25. The van der Waals surface area contributed by atoms with Crippen molar-refractivity contribution < 1.29 is 0 Å². The fraction of sp³-hybridized carbons (Fsp3) is 0.818. The van der Waals surface area contributed by atoms with Gasteiger partial charge in [-0.15, -0.1) is 24.0 Å². The van der Waals surface area contributed by atoms with Crippen molar-refractivity contribution in [2.24, 2.45) is 16.7 Å². The van der Waals surface area contributed by atoms with Gasteiger partial charge in [-0.25, -0.2) is 0 Å². The zero-order chi connectivity index (χ0) is 8.11. The Balaban J connectivity index is 0.000000720.